The number of ether oxygens (including phenoxy) is 6. The van der Waals surface area contributed by atoms with Gasteiger partial charge in [-0.15, -0.1) is 0 Å². The second-order valence-corrected chi connectivity index (χ2v) is 23.6. The lowest BCUT2D eigenvalue weighted by atomic mass is 9.96. The van der Waals surface area contributed by atoms with Gasteiger partial charge < -0.3 is 89.9 Å². The fraction of sp³-hybridized carbons (Fsp3) is 0.891. The Morgan fingerprint density at radius 3 is 1.24 bits per heavy atom. The molecule has 0 aromatic carbocycles. The first-order valence-corrected chi connectivity index (χ1v) is 32.7. The van der Waals surface area contributed by atoms with E-state index in [0.717, 1.165) is 77.0 Å². The van der Waals surface area contributed by atoms with Crippen molar-refractivity contribution >= 4 is 5.91 Å². The number of aliphatic hydroxyl groups excluding tert-OH is 11. The predicted octanol–water partition coefficient (Wildman–Crippen LogP) is 7.27. The van der Waals surface area contributed by atoms with E-state index in [-0.39, 0.29) is 18.9 Å². The Hall–Kier alpha value is -1.99. The van der Waals surface area contributed by atoms with Crippen LogP contribution in [-0.4, -0.2) is 193 Å². The van der Waals surface area contributed by atoms with Crippen LogP contribution in [0.25, 0.3) is 0 Å². The number of carbonyl (C=O) groups excluding carboxylic acids is 1. The van der Waals surface area contributed by atoms with Gasteiger partial charge in [-0.3, -0.25) is 4.79 Å². The SMILES string of the molecule is CCCCCCC/C=C\C/C=C\C/C=C\CCCCCCCCC(=O)NC(COC1OC(CO)C(OC2OC(CO)C(OC3OC(CO)C(O)C(O)C3O)C(O)C2O)C(O)C1O)C(O)CCCCCCCCCCCCCCCCCCC. The Labute approximate surface area is 498 Å². The highest BCUT2D eigenvalue weighted by molar-refractivity contribution is 5.76. The molecule has 17 unspecified atom stereocenters. The highest BCUT2D eigenvalue weighted by atomic mass is 16.8. The Morgan fingerprint density at radius 1 is 0.434 bits per heavy atom. The summed E-state index contributed by atoms with van der Waals surface area (Å²) < 4.78 is 34.4. The first-order chi connectivity index (χ1) is 40.3. The number of nitrogens with one attached hydrogen (secondary N) is 1. The summed E-state index contributed by atoms with van der Waals surface area (Å²) in [5, 5.41) is 120. The lowest BCUT2D eigenvalue weighted by molar-refractivity contribution is -0.379. The number of hydrogen-bond donors (Lipinski definition) is 12. The Morgan fingerprint density at radius 2 is 0.795 bits per heavy atom. The number of unbranched alkanes of at least 4 members (excludes halogenated alkanes) is 27. The normalized spacial score (nSPS) is 29.6. The molecule has 12 N–H and O–H groups in total. The van der Waals surface area contributed by atoms with Gasteiger partial charge in [0.05, 0.1) is 38.6 Å². The van der Waals surface area contributed by atoms with E-state index in [1.165, 1.54) is 122 Å². The minimum absolute atomic E-state index is 0.252. The smallest absolute Gasteiger partial charge is 0.220 e. The van der Waals surface area contributed by atoms with Crippen molar-refractivity contribution in [2.24, 2.45) is 0 Å². The largest absolute Gasteiger partial charge is 0.394 e. The van der Waals surface area contributed by atoms with Gasteiger partial charge in [-0.1, -0.05) is 211 Å². The van der Waals surface area contributed by atoms with Crippen molar-refractivity contribution < 1.29 is 89.4 Å². The molecule has 3 aliphatic rings. The lowest BCUT2D eigenvalue weighted by Gasteiger charge is -2.48. The summed E-state index contributed by atoms with van der Waals surface area (Å²) in [6.45, 7) is 1.78. The van der Waals surface area contributed by atoms with Gasteiger partial charge in [0.25, 0.3) is 0 Å². The summed E-state index contributed by atoms with van der Waals surface area (Å²) in [6, 6.07) is -0.894. The van der Waals surface area contributed by atoms with E-state index >= 15 is 0 Å². The third kappa shape index (κ3) is 30.2. The number of allylic oxidation sites excluding steroid dienone is 6. The molecule has 19 heteroatoms. The standard InChI is InChI=1S/C64H117NO18/c1-3-5-7-9-11-13-15-17-19-21-22-23-24-26-28-30-32-34-36-38-40-42-52(70)65-47(48(69)41-39-37-35-33-31-29-27-25-20-18-16-14-12-10-8-6-4-2)46-78-62-58(76)55(73)60(50(44-67)80-62)83-64-59(77)56(74)61(51(45-68)81-64)82-63-57(75)54(72)53(71)49(43-66)79-63/h15,17,21-22,24,26,47-51,53-64,66-69,71-77H,3-14,16,18-20,23,25,27-46H2,1-2H3,(H,65,70)/b17-15-,22-21-,26-24-. The molecule has 3 saturated heterocycles. The van der Waals surface area contributed by atoms with E-state index in [9.17, 15) is 61.0 Å². The van der Waals surface area contributed by atoms with Crippen LogP contribution in [-0.2, 0) is 33.2 Å². The zero-order valence-electron chi connectivity index (χ0n) is 50.9. The summed E-state index contributed by atoms with van der Waals surface area (Å²) >= 11 is 0. The molecule has 83 heavy (non-hydrogen) atoms. The minimum Gasteiger partial charge on any atom is -0.394 e. The zero-order chi connectivity index (χ0) is 60.5. The monoisotopic (exact) mass is 1190 g/mol. The van der Waals surface area contributed by atoms with Crippen molar-refractivity contribution in [3.8, 4) is 0 Å². The first kappa shape index (κ1) is 75.3. The fourth-order valence-electron chi connectivity index (χ4n) is 11.1. The van der Waals surface area contributed by atoms with Crippen molar-refractivity contribution in [2.75, 3.05) is 26.4 Å². The summed E-state index contributed by atoms with van der Waals surface area (Å²) in [5.41, 5.74) is 0. The maximum absolute atomic E-state index is 13.4. The van der Waals surface area contributed by atoms with E-state index in [0.29, 0.717) is 12.8 Å². The Balaban J connectivity index is 1.47. The van der Waals surface area contributed by atoms with Crippen LogP contribution < -0.4 is 5.32 Å². The Bertz CT molecular complexity index is 1660. The van der Waals surface area contributed by atoms with Crippen molar-refractivity contribution in [3.05, 3.63) is 36.5 Å². The molecule has 3 heterocycles. The van der Waals surface area contributed by atoms with Gasteiger partial charge in [-0.2, -0.15) is 0 Å². The van der Waals surface area contributed by atoms with Crippen LogP contribution in [0.4, 0.5) is 0 Å². The summed E-state index contributed by atoms with van der Waals surface area (Å²) in [7, 11) is 0. The number of aliphatic hydroxyl groups is 11. The lowest BCUT2D eigenvalue weighted by Crippen LogP contribution is -2.66. The minimum atomic E-state index is -1.97. The molecule has 486 valence electrons. The molecule has 0 aromatic rings. The predicted molar refractivity (Wildman–Crippen MR) is 319 cm³/mol. The second kappa shape index (κ2) is 47.1. The maximum Gasteiger partial charge on any atom is 0.220 e. The average Bonchev–Trinajstić information content (AvgIpc) is 3.34. The molecule has 17 atom stereocenters. The molecular formula is C64H117NO18. The van der Waals surface area contributed by atoms with Gasteiger partial charge in [0.2, 0.25) is 5.91 Å². The Kier molecular flexibility index (Phi) is 42.7. The van der Waals surface area contributed by atoms with Gasteiger partial charge in [0, 0.05) is 6.42 Å². The summed E-state index contributed by atoms with van der Waals surface area (Å²) in [5.74, 6) is -0.254. The van der Waals surface area contributed by atoms with Gasteiger partial charge in [0.15, 0.2) is 18.9 Å². The van der Waals surface area contributed by atoms with Gasteiger partial charge in [0.1, 0.15) is 73.2 Å². The number of amides is 1. The topological polar surface area (TPSA) is 307 Å². The molecule has 0 radical (unpaired) electrons. The molecule has 3 rings (SSSR count). The summed E-state index contributed by atoms with van der Waals surface area (Å²) in [6.07, 6.45) is 25.0. The van der Waals surface area contributed by atoms with Crippen molar-refractivity contribution in [3.63, 3.8) is 0 Å². The molecule has 3 aliphatic heterocycles. The highest BCUT2D eigenvalue weighted by Crippen LogP contribution is 2.33. The van der Waals surface area contributed by atoms with E-state index in [1.54, 1.807) is 0 Å². The first-order valence-electron chi connectivity index (χ1n) is 32.7. The van der Waals surface area contributed by atoms with Gasteiger partial charge >= 0.3 is 0 Å². The van der Waals surface area contributed by atoms with E-state index < -0.39 is 124 Å². The molecule has 0 spiro atoms. The third-order valence-corrected chi connectivity index (χ3v) is 16.5. The van der Waals surface area contributed by atoms with Gasteiger partial charge in [-0.05, 0) is 51.4 Å². The van der Waals surface area contributed by atoms with Crippen molar-refractivity contribution in [1.82, 2.24) is 5.32 Å². The number of rotatable bonds is 49. The number of carbonyl (C=O) groups is 1. The van der Waals surface area contributed by atoms with Crippen molar-refractivity contribution in [2.45, 2.75) is 336 Å². The van der Waals surface area contributed by atoms with Crippen LogP contribution in [0.1, 0.15) is 232 Å². The quantitative estimate of drug-likeness (QED) is 0.0211. The molecule has 3 fully saturated rings. The van der Waals surface area contributed by atoms with Crippen LogP contribution in [0.2, 0.25) is 0 Å². The van der Waals surface area contributed by atoms with E-state index in [1.807, 2.05) is 0 Å². The molecular weight excluding hydrogens is 1070 g/mol. The van der Waals surface area contributed by atoms with Crippen LogP contribution >= 0.6 is 0 Å². The molecule has 0 bridgehead atoms. The molecule has 0 saturated carbocycles. The fourth-order valence-corrected chi connectivity index (χ4v) is 11.1. The highest BCUT2D eigenvalue weighted by Gasteiger charge is 2.53. The van der Waals surface area contributed by atoms with E-state index in [2.05, 4.69) is 55.6 Å². The van der Waals surface area contributed by atoms with Crippen LogP contribution in [0.5, 0.6) is 0 Å². The van der Waals surface area contributed by atoms with Crippen LogP contribution in [0.3, 0.4) is 0 Å². The van der Waals surface area contributed by atoms with Crippen LogP contribution in [0, 0.1) is 0 Å². The maximum atomic E-state index is 13.4. The number of hydrogen-bond acceptors (Lipinski definition) is 18. The summed E-state index contributed by atoms with van der Waals surface area (Å²) in [4.78, 5) is 13.4. The molecule has 1 amide bonds. The van der Waals surface area contributed by atoms with E-state index in [4.69, 9.17) is 28.4 Å². The zero-order valence-corrected chi connectivity index (χ0v) is 50.9. The van der Waals surface area contributed by atoms with Crippen molar-refractivity contribution in [1.29, 1.82) is 0 Å². The molecule has 0 aromatic heterocycles. The molecule has 19 nitrogen and oxygen atoms in total. The van der Waals surface area contributed by atoms with Crippen LogP contribution in [0.15, 0.2) is 36.5 Å². The second-order valence-electron chi connectivity index (χ2n) is 23.6. The third-order valence-electron chi connectivity index (χ3n) is 16.5. The average molecular weight is 1190 g/mol. The van der Waals surface area contributed by atoms with Gasteiger partial charge in [-0.25, -0.2) is 0 Å². The molecule has 0 aliphatic carbocycles.